The zero-order valence-electron chi connectivity index (χ0n) is 19.9. The summed E-state index contributed by atoms with van der Waals surface area (Å²) in [5, 5.41) is 0. The minimum Gasteiger partial charge on any atom is -0.486 e. The Hall–Kier alpha value is -3.02. The van der Waals surface area contributed by atoms with Crippen LogP contribution in [0.3, 0.4) is 0 Å². The van der Waals surface area contributed by atoms with Crippen molar-refractivity contribution >= 4 is 5.97 Å². The third kappa shape index (κ3) is 5.63. The Labute approximate surface area is 204 Å². The highest BCUT2D eigenvalue weighted by Gasteiger charge is 2.36. The summed E-state index contributed by atoms with van der Waals surface area (Å²) < 4.78 is 54.6. The second-order valence-electron chi connectivity index (χ2n) is 9.53. The summed E-state index contributed by atoms with van der Waals surface area (Å²) in [6.07, 6.45) is 11.5. The predicted octanol–water partition coefficient (Wildman–Crippen LogP) is 7.76. The van der Waals surface area contributed by atoms with E-state index in [9.17, 15) is 13.6 Å². The van der Waals surface area contributed by atoms with Crippen molar-refractivity contribution < 1.29 is 27.4 Å². The molecular formula is C29H31F3O3. The van der Waals surface area contributed by atoms with Crippen LogP contribution in [-0.4, -0.2) is 12.6 Å². The number of allylic oxidation sites excluding steroid dienone is 2. The zero-order valence-corrected chi connectivity index (χ0v) is 19.9. The molecule has 2 saturated carbocycles. The van der Waals surface area contributed by atoms with Gasteiger partial charge in [-0.15, -0.1) is 6.58 Å². The van der Waals surface area contributed by atoms with Gasteiger partial charge in [0, 0.05) is 6.07 Å². The first-order valence-electron chi connectivity index (χ1n) is 12.3. The number of carbonyl (C=O) groups excluding carboxylic acids is 1. The smallest absolute Gasteiger partial charge is 0.346 e. The summed E-state index contributed by atoms with van der Waals surface area (Å²) in [6.45, 7) is 5.93. The van der Waals surface area contributed by atoms with Crippen molar-refractivity contribution in [3.8, 4) is 11.5 Å². The predicted molar refractivity (Wildman–Crippen MR) is 129 cm³/mol. The Morgan fingerprint density at radius 1 is 1.03 bits per heavy atom. The van der Waals surface area contributed by atoms with Gasteiger partial charge in [0.2, 0.25) is 0 Å². The molecule has 0 saturated heterocycles. The van der Waals surface area contributed by atoms with Gasteiger partial charge in [0.05, 0.1) is 5.56 Å². The fourth-order valence-corrected chi connectivity index (χ4v) is 5.52. The monoisotopic (exact) mass is 484 g/mol. The first-order chi connectivity index (χ1) is 16.9. The molecule has 2 aliphatic rings. The van der Waals surface area contributed by atoms with Crippen molar-refractivity contribution in [3.63, 3.8) is 0 Å². The molecule has 0 aliphatic heterocycles. The van der Waals surface area contributed by atoms with Crippen LogP contribution in [0, 0.1) is 35.2 Å². The van der Waals surface area contributed by atoms with Gasteiger partial charge in [-0.05, 0) is 92.9 Å². The quantitative estimate of drug-likeness (QED) is 0.229. The Balaban J connectivity index is 1.44. The summed E-state index contributed by atoms with van der Waals surface area (Å²) in [5.74, 6) is -2.54. The summed E-state index contributed by atoms with van der Waals surface area (Å²) >= 11 is 0. The van der Waals surface area contributed by atoms with Gasteiger partial charge in [0.25, 0.3) is 0 Å². The van der Waals surface area contributed by atoms with Gasteiger partial charge in [-0.25, -0.2) is 18.0 Å². The minimum atomic E-state index is -1.23. The van der Waals surface area contributed by atoms with Crippen LogP contribution in [0.15, 0.2) is 55.1 Å². The Morgan fingerprint density at radius 2 is 1.80 bits per heavy atom. The Kier molecular flexibility index (Phi) is 7.99. The van der Waals surface area contributed by atoms with Crippen LogP contribution in [0.25, 0.3) is 0 Å². The average Bonchev–Trinajstić information content (AvgIpc) is 2.86. The lowest BCUT2D eigenvalue weighted by atomic mass is 9.64. The average molecular weight is 485 g/mol. The number of benzene rings is 2. The SMILES string of the molecule is C=CC1CCC2CC(c3ccc(C(=O)Oc4ccc(OC/C=C/C)c(F)c4)c(F)c3F)CCC2C1. The van der Waals surface area contributed by atoms with E-state index in [2.05, 4.69) is 6.58 Å². The minimum absolute atomic E-state index is 0.00261. The molecule has 4 rings (SSSR count). The first kappa shape index (κ1) is 25.1. The maximum atomic E-state index is 15.1. The van der Waals surface area contributed by atoms with Crippen molar-refractivity contribution in [1.82, 2.24) is 0 Å². The molecule has 4 atom stereocenters. The maximum absolute atomic E-state index is 15.1. The molecule has 0 spiro atoms. The molecule has 35 heavy (non-hydrogen) atoms. The van der Waals surface area contributed by atoms with Crippen LogP contribution in [0.1, 0.15) is 67.3 Å². The third-order valence-corrected chi connectivity index (χ3v) is 7.44. The van der Waals surface area contributed by atoms with Crippen molar-refractivity contribution in [3.05, 3.63) is 83.7 Å². The summed E-state index contributed by atoms with van der Waals surface area (Å²) in [5.41, 5.74) is -0.197. The van der Waals surface area contributed by atoms with Gasteiger partial charge in [0.1, 0.15) is 12.4 Å². The molecule has 186 valence electrons. The molecule has 6 heteroatoms. The van der Waals surface area contributed by atoms with Crippen LogP contribution < -0.4 is 9.47 Å². The van der Waals surface area contributed by atoms with Crippen molar-refractivity contribution in [1.29, 1.82) is 0 Å². The standard InChI is InChI=1S/C29H31F3O3/c1-3-5-14-34-26-13-10-22(17-25(26)30)35-29(33)24-12-11-23(27(31)28(24)32)21-9-8-19-15-18(4-2)6-7-20(19)16-21/h3-5,10-13,17-21H,2,6-9,14-16H2,1H3/b5-3+. The highest BCUT2D eigenvalue weighted by molar-refractivity contribution is 5.91. The van der Waals surface area contributed by atoms with Gasteiger partial charge >= 0.3 is 5.97 Å². The fraction of sp³-hybridized carbons (Fsp3) is 0.414. The number of carbonyl (C=O) groups is 1. The van der Waals surface area contributed by atoms with Crippen LogP contribution >= 0.6 is 0 Å². The lowest BCUT2D eigenvalue weighted by Gasteiger charge is -2.41. The van der Waals surface area contributed by atoms with Crippen LogP contribution in [0.4, 0.5) is 13.2 Å². The number of ether oxygens (including phenoxy) is 2. The van der Waals surface area contributed by atoms with Gasteiger partial charge in [0.15, 0.2) is 23.2 Å². The highest BCUT2D eigenvalue weighted by atomic mass is 19.2. The molecule has 3 nitrogen and oxygen atoms in total. The maximum Gasteiger partial charge on any atom is 0.346 e. The molecule has 0 N–H and O–H groups in total. The number of fused-ring (bicyclic) bond motifs is 1. The van der Waals surface area contributed by atoms with E-state index < -0.39 is 29.0 Å². The number of rotatable bonds is 7. The van der Waals surface area contributed by atoms with E-state index in [0.717, 1.165) is 44.6 Å². The van der Waals surface area contributed by atoms with Gasteiger partial charge in [-0.1, -0.05) is 24.3 Å². The molecular weight excluding hydrogens is 453 g/mol. The van der Waals surface area contributed by atoms with E-state index in [1.165, 1.54) is 24.3 Å². The molecule has 0 bridgehead atoms. The van der Waals surface area contributed by atoms with Crippen LogP contribution in [-0.2, 0) is 0 Å². The molecule has 0 amide bonds. The normalized spacial score (nSPS) is 24.1. The molecule has 0 radical (unpaired) electrons. The zero-order chi connectivity index (χ0) is 24.9. The first-order valence-corrected chi connectivity index (χ1v) is 12.3. The second-order valence-corrected chi connectivity index (χ2v) is 9.53. The lowest BCUT2D eigenvalue weighted by Crippen LogP contribution is -2.30. The van der Waals surface area contributed by atoms with Gasteiger partial charge < -0.3 is 9.47 Å². The van der Waals surface area contributed by atoms with E-state index in [1.807, 2.05) is 13.0 Å². The number of esters is 1. The Bertz CT molecular complexity index is 1110. The largest absolute Gasteiger partial charge is 0.486 e. The fourth-order valence-electron chi connectivity index (χ4n) is 5.52. The molecule has 2 aromatic rings. The van der Waals surface area contributed by atoms with E-state index in [4.69, 9.17) is 9.47 Å². The van der Waals surface area contributed by atoms with Crippen LogP contribution in [0.5, 0.6) is 11.5 Å². The van der Waals surface area contributed by atoms with E-state index >= 15 is 4.39 Å². The number of hydrogen-bond acceptors (Lipinski definition) is 3. The molecule has 4 unspecified atom stereocenters. The van der Waals surface area contributed by atoms with Gasteiger partial charge in [-0.3, -0.25) is 0 Å². The van der Waals surface area contributed by atoms with Gasteiger partial charge in [-0.2, -0.15) is 0 Å². The summed E-state index contributed by atoms with van der Waals surface area (Å²) in [6, 6.07) is 6.40. The Morgan fingerprint density at radius 3 is 2.54 bits per heavy atom. The molecule has 0 heterocycles. The summed E-state index contributed by atoms with van der Waals surface area (Å²) in [7, 11) is 0. The van der Waals surface area contributed by atoms with Crippen molar-refractivity contribution in [2.45, 2.75) is 51.4 Å². The van der Waals surface area contributed by atoms with Crippen molar-refractivity contribution in [2.75, 3.05) is 6.61 Å². The van der Waals surface area contributed by atoms with E-state index in [1.54, 1.807) is 12.2 Å². The summed E-state index contributed by atoms with van der Waals surface area (Å²) in [4.78, 5) is 12.5. The topological polar surface area (TPSA) is 35.5 Å². The number of hydrogen-bond donors (Lipinski definition) is 0. The second kappa shape index (κ2) is 11.1. The molecule has 0 aromatic heterocycles. The molecule has 2 aliphatic carbocycles. The van der Waals surface area contributed by atoms with Crippen LogP contribution in [0.2, 0.25) is 0 Å². The lowest BCUT2D eigenvalue weighted by molar-refractivity contribution is 0.0727. The molecule has 2 fully saturated rings. The van der Waals surface area contributed by atoms with E-state index in [0.29, 0.717) is 23.3 Å². The molecule has 2 aromatic carbocycles. The number of halogens is 3. The third-order valence-electron chi connectivity index (χ3n) is 7.44. The van der Waals surface area contributed by atoms with Crippen molar-refractivity contribution in [2.24, 2.45) is 17.8 Å². The van der Waals surface area contributed by atoms with E-state index in [-0.39, 0.29) is 24.0 Å². The highest BCUT2D eigenvalue weighted by Crippen LogP contribution is 2.48.